The van der Waals surface area contributed by atoms with E-state index in [-0.39, 0.29) is 5.75 Å². The zero-order valence-electron chi connectivity index (χ0n) is 6.92. The fraction of sp³-hybridized carbons (Fsp3) is 0.222. The Bertz CT molecular complexity index is 344. The zero-order valence-corrected chi connectivity index (χ0v) is 6.92. The van der Waals surface area contributed by atoms with Gasteiger partial charge in [0.1, 0.15) is 5.75 Å². The molecular formula is C9H7F2NO. The zero-order chi connectivity index (χ0) is 9.84. The third-order valence-electron chi connectivity index (χ3n) is 1.55. The molecule has 0 aromatic heterocycles. The highest BCUT2D eigenvalue weighted by molar-refractivity contribution is 5.42. The predicted molar refractivity (Wildman–Crippen MR) is 42.5 cm³/mol. The highest BCUT2D eigenvalue weighted by atomic mass is 19.3. The second-order valence-corrected chi connectivity index (χ2v) is 2.47. The molecular weight excluding hydrogens is 176 g/mol. The average Bonchev–Trinajstić information content (AvgIpc) is 2.07. The first kappa shape index (κ1) is 9.46. The number of nitrogens with zero attached hydrogens (tertiary/aromatic N) is 1. The molecule has 1 aromatic carbocycles. The number of rotatable bonds is 2. The molecule has 68 valence electrons. The van der Waals surface area contributed by atoms with Crippen molar-refractivity contribution in [3.8, 4) is 11.8 Å². The summed E-state index contributed by atoms with van der Waals surface area (Å²) in [7, 11) is 0. The molecule has 0 aliphatic rings. The summed E-state index contributed by atoms with van der Waals surface area (Å²) < 4.78 is 27.6. The topological polar surface area (TPSA) is 33.0 Å². The van der Waals surface area contributed by atoms with Gasteiger partial charge in [-0.1, -0.05) is 6.07 Å². The standard InChI is InChI=1S/C9H7F2NO/c1-6-2-3-8(13-9(10)11)4-7(6)5-12/h2-4,9H,1H3. The first-order chi connectivity index (χ1) is 6.13. The second-order valence-electron chi connectivity index (χ2n) is 2.47. The summed E-state index contributed by atoms with van der Waals surface area (Å²) in [5, 5.41) is 8.58. The Hall–Kier alpha value is -1.63. The number of hydrogen-bond acceptors (Lipinski definition) is 2. The molecule has 0 N–H and O–H groups in total. The van der Waals surface area contributed by atoms with Crippen molar-refractivity contribution in [2.75, 3.05) is 0 Å². The summed E-state index contributed by atoms with van der Waals surface area (Å²) >= 11 is 0. The van der Waals surface area contributed by atoms with Crippen LogP contribution in [0.5, 0.6) is 5.75 Å². The van der Waals surface area contributed by atoms with Gasteiger partial charge < -0.3 is 4.74 Å². The van der Waals surface area contributed by atoms with E-state index in [4.69, 9.17) is 5.26 Å². The van der Waals surface area contributed by atoms with Gasteiger partial charge in [0.2, 0.25) is 0 Å². The lowest BCUT2D eigenvalue weighted by Gasteiger charge is -2.04. The number of hydrogen-bond donors (Lipinski definition) is 0. The van der Waals surface area contributed by atoms with Gasteiger partial charge in [0.15, 0.2) is 0 Å². The molecule has 0 saturated heterocycles. The maximum Gasteiger partial charge on any atom is 0.387 e. The van der Waals surface area contributed by atoms with Crippen LogP contribution in [0.3, 0.4) is 0 Å². The third-order valence-corrected chi connectivity index (χ3v) is 1.55. The number of aryl methyl sites for hydroxylation is 1. The molecule has 0 heterocycles. The minimum atomic E-state index is -2.85. The van der Waals surface area contributed by atoms with Crippen molar-refractivity contribution in [3.05, 3.63) is 29.3 Å². The van der Waals surface area contributed by atoms with Gasteiger partial charge in [0.05, 0.1) is 11.6 Å². The predicted octanol–water partition coefficient (Wildman–Crippen LogP) is 2.47. The minimum Gasteiger partial charge on any atom is -0.435 e. The van der Waals surface area contributed by atoms with Crippen LogP contribution in [0.1, 0.15) is 11.1 Å². The van der Waals surface area contributed by atoms with Gasteiger partial charge in [-0.05, 0) is 24.6 Å². The maximum absolute atomic E-state index is 11.8. The molecule has 0 atom stereocenters. The molecule has 0 bridgehead atoms. The summed E-state index contributed by atoms with van der Waals surface area (Å²) in [4.78, 5) is 0. The van der Waals surface area contributed by atoms with E-state index < -0.39 is 6.61 Å². The normalized spacial score (nSPS) is 9.77. The molecule has 1 rings (SSSR count). The van der Waals surface area contributed by atoms with Crippen molar-refractivity contribution in [2.24, 2.45) is 0 Å². The lowest BCUT2D eigenvalue weighted by atomic mass is 10.1. The summed E-state index contributed by atoms with van der Waals surface area (Å²) in [5.74, 6) is 0.0113. The van der Waals surface area contributed by atoms with E-state index in [9.17, 15) is 8.78 Å². The first-order valence-electron chi connectivity index (χ1n) is 3.59. The number of alkyl halides is 2. The number of halogens is 2. The van der Waals surface area contributed by atoms with Crippen LogP contribution in [0.25, 0.3) is 0 Å². The molecule has 0 fully saturated rings. The molecule has 2 nitrogen and oxygen atoms in total. The van der Waals surface area contributed by atoms with Crippen LogP contribution in [-0.2, 0) is 0 Å². The molecule has 0 saturated carbocycles. The van der Waals surface area contributed by atoms with E-state index in [1.807, 2.05) is 6.07 Å². The molecule has 0 aliphatic heterocycles. The highest BCUT2D eigenvalue weighted by Crippen LogP contribution is 2.18. The van der Waals surface area contributed by atoms with Crippen molar-refractivity contribution in [3.63, 3.8) is 0 Å². The summed E-state index contributed by atoms with van der Waals surface area (Å²) in [5.41, 5.74) is 1.09. The fourth-order valence-electron chi connectivity index (χ4n) is 0.898. The van der Waals surface area contributed by atoms with Gasteiger partial charge in [-0.3, -0.25) is 0 Å². The summed E-state index contributed by atoms with van der Waals surface area (Å²) in [6, 6.07) is 6.15. The highest BCUT2D eigenvalue weighted by Gasteiger charge is 2.05. The largest absolute Gasteiger partial charge is 0.435 e. The molecule has 0 aliphatic carbocycles. The van der Waals surface area contributed by atoms with Crippen molar-refractivity contribution in [2.45, 2.75) is 13.5 Å². The number of benzene rings is 1. The molecule has 1 aromatic rings. The molecule has 0 amide bonds. The molecule has 0 unspecified atom stereocenters. The quantitative estimate of drug-likeness (QED) is 0.705. The van der Waals surface area contributed by atoms with Crippen molar-refractivity contribution in [1.29, 1.82) is 5.26 Å². The smallest absolute Gasteiger partial charge is 0.387 e. The van der Waals surface area contributed by atoms with E-state index in [0.29, 0.717) is 5.56 Å². The lowest BCUT2D eigenvalue weighted by molar-refractivity contribution is -0.0498. The van der Waals surface area contributed by atoms with Crippen LogP contribution in [0.2, 0.25) is 0 Å². The number of nitriles is 1. The van der Waals surface area contributed by atoms with E-state index in [0.717, 1.165) is 5.56 Å². The Labute approximate surface area is 74.4 Å². The van der Waals surface area contributed by atoms with Crippen LogP contribution in [0.4, 0.5) is 8.78 Å². The first-order valence-corrected chi connectivity index (χ1v) is 3.59. The Balaban J connectivity index is 2.95. The van der Waals surface area contributed by atoms with E-state index in [1.165, 1.54) is 12.1 Å². The Morgan fingerprint density at radius 2 is 2.15 bits per heavy atom. The van der Waals surface area contributed by atoms with E-state index in [2.05, 4.69) is 4.74 Å². The molecule has 0 spiro atoms. The molecule has 13 heavy (non-hydrogen) atoms. The van der Waals surface area contributed by atoms with E-state index >= 15 is 0 Å². The van der Waals surface area contributed by atoms with Gasteiger partial charge in [-0.15, -0.1) is 0 Å². The van der Waals surface area contributed by atoms with E-state index in [1.54, 1.807) is 13.0 Å². The van der Waals surface area contributed by atoms with Gasteiger partial charge in [0.25, 0.3) is 0 Å². The summed E-state index contributed by atoms with van der Waals surface area (Å²) in [6.07, 6.45) is 0. The Morgan fingerprint density at radius 1 is 1.46 bits per heavy atom. The van der Waals surface area contributed by atoms with Gasteiger partial charge in [-0.2, -0.15) is 14.0 Å². The van der Waals surface area contributed by atoms with Crippen molar-refractivity contribution >= 4 is 0 Å². The van der Waals surface area contributed by atoms with Crippen LogP contribution in [-0.4, -0.2) is 6.61 Å². The SMILES string of the molecule is Cc1ccc(OC(F)F)cc1C#N. The number of ether oxygens (including phenoxy) is 1. The second kappa shape index (κ2) is 3.85. The summed E-state index contributed by atoms with van der Waals surface area (Å²) in [6.45, 7) is -1.13. The van der Waals surface area contributed by atoms with Crippen LogP contribution in [0.15, 0.2) is 18.2 Å². The van der Waals surface area contributed by atoms with Crippen LogP contribution in [0, 0.1) is 18.3 Å². The van der Waals surface area contributed by atoms with Gasteiger partial charge in [0, 0.05) is 0 Å². The van der Waals surface area contributed by atoms with Crippen LogP contribution < -0.4 is 4.74 Å². The third kappa shape index (κ3) is 2.41. The monoisotopic (exact) mass is 183 g/mol. The van der Waals surface area contributed by atoms with Crippen molar-refractivity contribution < 1.29 is 13.5 Å². The Kier molecular flexibility index (Phi) is 2.80. The minimum absolute atomic E-state index is 0.0113. The fourth-order valence-corrected chi connectivity index (χ4v) is 0.898. The van der Waals surface area contributed by atoms with Crippen molar-refractivity contribution in [1.82, 2.24) is 0 Å². The van der Waals surface area contributed by atoms with Crippen LogP contribution >= 0.6 is 0 Å². The van der Waals surface area contributed by atoms with Gasteiger partial charge in [-0.25, -0.2) is 0 Å². The lowest BCUT2D eigenvalue weighted by Crippen LogP contribution is -2.02. The maximum atomic E-state index is 11.8. The average molecular weight is 183 g/mol. The van der Waals surface area contributed by atoms with Gasteiger partial charge >= 0.3 is 6.61 Å². The molecule has 0 radical (unpaired) electrons. The Morgan fingerprint density at radius 3 is 2.69 bits per heavy atom. The molecule has 4 heteroatoms.